The zero-order chi connectivity index (χ0) is 20.5. The molecule has 0 saturated carbocycles. The topological polar surface area (TPSA) is 77.2 Å². The molecule has 152 valence electrons. The molecule has 1 atom stereocenters. The number of nitrogens with one attached hydrogen (secondary N) is 2. The van der Waals surface area contributed by atoms with Crippen LogP contribution in [0, 0.1) is 13.8 Å². The predicted molar refractivity (Wildman–Crippen MR) is 115 cm³/mol. The number of carbonyl (C=O) groups excluding carboxylic acids is 1. The second-order valence-corrected chi connectivity index (χ2v) is 7.99. The van der Waals surface area contributed by atoms with Crippen LogP contribution >= 0.6 is 0 Å². The van der Waals surface area contributed by atoms with Crippen LogP contribution in [0.2, 0.25) is 0 Å². The summed E-state index contributed by atoms with van der Waals surface area (Å²) in [6.07, 6.45) is 3.02. The summed E-state index contributed by atoms with van der Waals surface area (Å²) in [4.78, 5) is 28.4. The van der Waals surface area contributed by atoms with E-state index in [4.69, 9.17) is 0 Å². The van der Waals surface area contributed by atoms with Gasteiger partial charge in [0.1, 0.15) is 5.82 Å². The number of benzene rings is 1. The van der Waals surface area contributed by atoms with Crippen molar-refractivity contribution in [1.29, 1.82) is 0 Å². The molecule has 29 heavy (non-hydrogen) atoms. The lowest BCUT2D eigenvalue weighted by atomic mass is 10.1. The Balaban J connectivity index is 1.44. The van der Waals surface area contributed by atoms with Gasteiger partial charge in [0.05, 0.1) is 0 Å². The number of fused-ring (bicyclic) bond motifs is 1. The van der Waals surface area contributed by atoms with Crippen LogP contribution in [0.3, 0.4) is 0 Å². The molecule has 1 fully saturated rings. The fourth-order valence-corrected chi connectivity index (χ4v) is 3.81. The minimum absolute atomic E-state index is 0.164. The zero-order valence-corrected chi connectivity index (χ0v) is 17.5. The maximum absolute atomic E-state index is 12.3. The maximum Gasteiger partial charge on any atom is 0.291 e. The molecule has 1 aromatic carbocycles. The fourth-order valence-electron chi connectivity index (χ4n) is 3.81. The Hall–Kier alpha value is -2.93. The molecule has 0 spiro atoms. The Bertz CT molecular complexity index is 1040. The quantitative estimate of drug-likeness (QED) is 0.698. The van der Waals surface area contributed by atoms with E-state index in [0.29, 0.717) is 6.04 Å². The van der Waals surface area contributed by atoms with Crippen molar-refractivity contribution in [3.8, 4) is 0 Å². The summed E-state index contributed by atoms with van der Waals surface area (Å²) in [5.74, 6) is 0.980. The summed E-state index contributed by atoms with van der Waals surface area (Å²) >= 11 is 0. The van der Waals surface area contributed by atoms with E-state index < -0.39 is 0 Å². The Morgan fingerprint density at radius 1 is 1.28 bits per heavy atom. The summed E-state index contributed by atoms with van der Waals surface area (Å²) in [5.41, 5.74) is 4.34. The summed E-state index contributed by atoms with van der Waals surface area (Å²) in [6.45, 7) is 6.60. The number of rotatable bonds is 5. The van der Waals surface area contributed by atoms with Crippen LogP contribution in [-0.2, 0) is 6.54 Å². The molecular weight excluding hydrogens is 364 g/mol. The van der Waals surface area contributed by atoms with E-state index in [9.17, 15) is 4.79 Å². The van der Waals surface area contributed by atoms with Gasteiger partial charge in [0, 0.05) is 62.7 Å². The molecular formula is C22H28N6O. The monoisotopic (exact) mass is 392 g/mol. The van der Waals surface area contributed by atoms with E-state index in [0.717, 1.165) is 43.1 Å². The number of carbonyl (C=O) groups is 1. The van der Waals surface area contributed by atoms with E-state index >= 15 is 0 Å². The van der Waals surface area contributed by atoms with E-state index in [1.54, 1.807) is 14.1 Å². The van der Waals surface area contributed by atoms with Crippen molar-refractivity contribution >= 4 is 22.6 Å². The van der Waals surface area contributed by atoms with Crippen molar-refractivity contribution in [2.75, 3.05) is 32.1 Å². The molecule has 7 heteroatoms. The van der Waals surface area contributed by atoms with Crippen molar-refractivity contribution in [3.05, 3.63) is 53.1 Å². The first kappa shape index (κ1) is 19.4. The highest BCUT2D eigenvalue weighted by Gasteiger charge is 2.26. The van der Waals surface area contributed by atoms with E-state index in [1.807, 2.05) is 20.0 Å². The van der Waals surface area contributed by atoms with Gasteiger partial charge < -0.3 is 20.1 Å². The SMILES string of the molecule is Cc1nc(C(=O)N(C)C)nc(N2CC[C@@H](NCc3ccc4[nH]ccc4c3)C2)c1C. The lowest BCUT2D eigenvalue weighted by molar-refractivity contribution is 0.0815. The number of aromatic nitrogens is 3. The predicted octanol–water partition coefficient (Wildman–Crippen LogP) is 2.65. The van der Waals surface area contributed by atoms with Crippen LogP contribution in [0.25, 0.3) is 10.9 Å². The van der Waals surface area contributed by atoms with Gasteiger partial charge in [-0.15, -0.1) is 0 Å². The van der Waals surface area contributed by atoms with E-state index in [1.165, 1.54) is 21.4 Å². The maximum atomic E-state index is 12.3. The van der Waals surface area contributed by atoms with Crippen molar-refractivity contribution in [1.82, 2.24) is 25.2 Å². The van der Waals surface area contributed by atoms with Gasteiger partial charge in [-0.25, -0.2) is 9.97 Å². The average molecular weight is 393 g/mol. The summed E-state index contributed by atoms with van der Waals surface area (Å²) in [7, 11) is 3.45. The number of hydrogen-bond acceptors (Lipinski definition) is 5. The van der Waals surface area contributed by atoms with Gasteiger partial charge in [-0.05, 0) is 49.4 Å². The summed E-state index contributed by atoms with van der Waals surface area (Å²) in [6, 6.07) is 9.00. The van der Waals surface area contributed by atoms with E-state index in [-0.39, 0.29) is 11.7 Å². The fraction of sp³-hybridized carbons (Fsp3) is 0.409. The van der Waals surface area contributed by atoms with Gasteiger partial charge in [-0.1, -0.05) is 6.07 Å². The second kappa shape index (κ2) is 7.83. The molecule has 0 bridgehead atoms. The van der Waals surface area contributed by atoms with Crippen LogP contribution in [0.5, 0.6) is 0 Å². The van der Waals surface area contributed by atoms with Gasteiger partial charge in [-0.3, -0.25) is 4.79 Å². The Morgan fingerprint density at radius 3 is 2.90 bits per heavy atom. The zero-order valence-electron chi connectivity index (χ0n) is 17.5. The molecule has 2 N–H and O–H groups in total. The summed E-state index contributed by atoms with van der Waals surface area (Å²) in [5, 5.41) is 4.91. The molecule has 2 aromatic heterocycles. The molecule has 1 aliphatic rings. The lowest BCUT2D eigenvalue weighted by Crippen LogP contribution is -2.33. The largest absolute Gasteiger partial charge is 0.361 e. The highest BCUT2D eigenvalue weighted by Crippen LogP contribution is 2.24. The van der Waals surface area contributed by atoms with Gasteiger partial charge in [0.2, 0.25) is 5.82 Å². The first-order valence-electron chi connectivity index (χ1n) is 10.0. The third kappa shape index (κ3) is 3.96. The molecule has 3 heterocycles. The third-order valence-corrected chi connectivity index (χ3v) is 5.66. The van der Waals surface area contributed by atoms with Gasteiger partial charge >= 0.3 is 0 Å². The number of anilines is 1. The van der Waals surface area contributed by atoms with Crippen LogP contribution in [0.4, 0.5) is 5.82 Å². The smallest absolute Gasteiger partial charge is 0.291 e. The number of hydrogen-bond donors (Lipinski definition) is 2. The molecule has 0 aliphatic carbocycles. The number of aromatic amines is 1. The normalized spacial score (nSPS) is 16.6. The van der Waals surface area contributed by atoms with Gasteiger partial charge in [-0.2, -0.15) is 0 Å². The molecule has 1 amide bonds. The van der Waals surface area contributed by atoms with Crippen molar-refractivity contribution in [2.45, 2.75) is 32.9 Å². The first-order chi connectivity index (χ1) is 13.9. The van der Waals surface area contributed by atoms with Crippen molar-refractivity contribution < 1.29 is 4.79 Å². The molecule has 0 unspecified atom stereocenters. The second-order valence-electron chi connectivity index (χ2n) is 7.99. The lowest BCUT2D eigenvalue weighted by Gasteiger charge is -2.22. The number of nitrogens with zero attached hydrogens (tertiary/aromatic N) is 4. The molecule has 3 aromatic rings. The van der Waals surface area contributed by atoms with Crippen molar-refractivity contribution in [2.24, 2.45) is 0 Å². The highest BCUT2D eigenvalue weighted by atomic mass is 16.2. The van der Waals surface area contributed by atoms with Crippen LogP contribution < -0.4 is 10.2 Å². The number of aryl methyl sites for hydroxylation is 1. The van der Waals surface area contributed by atoms with Crippen LogP contribution in [0.15, 0.2) is 30.5 Å². The van der Waals surface area contributed by atoms with Crippen LogP contribution in [-0.4, -0.2) is 59.0 Å². The van der Waals surface area contributed by atoms with E-state index in [2.05, 4.69) is 49.4 Å². The first-order valence-corrected chi connectivity index (χ1v) is 10.0. The molecule has 0 radical (unpaired) electrons. The third-order valence-electron chi connectivity index (χ3n) is 5.66. The summed E-state index contributed by atoms with van der Waals surface area (Å²) < 4.78 is 0. The standard InChI is InChI=1S/C22H28N6O/c1-14-15(2)25-20(22(29)27(3)4)26-21(14)28-10-8-18(13-28)24-12-16-5-6-19-17(11-16)7-9-23-19/h5-7,9,11,18,23-24H,8,10,12-13H2,1-4H3/t18-/m1/s1. The minimum atomic E-state index is -0.164. The Morgan fingerprint density at radius 2 is 2.10 bits per heavy atom. The average Bonchev–Trinajstić information content (AvgIpc) is 3.36. The van der Waals surface area contributed by atoms with Gasteiger partial charge in [0.15, 0.2) is 0 Å². The van der Waals surface area contributed by atoms with Crippen LogP contribution in [0.1, 0.15) is 33.9 Å². The molecule has 1 aliphatic heterocycles. The van der Waals surface area contributed by atoms with Crippen molar-refractivity contribution in [3.63, 3.8) is 0 Å². The Labute approximate surface area is 171 Å². The molecule has 1 saturated heterocycles. The Kier molecular flexibility index (Phi) is 5.24. The minimum Gasteiger partial charge on any atom is -0.361 e. The molecule has 7 nitrogen and oxygen atoms in total. The molecule has 4 rings (SSSR count). The highest BCUT2D eigenvalue weighted by molar-refractivity contribution is 5.90. The number of H-pyrrole nitrogens is 1. The van der Waals surface area contributed by atoms with Gasteiger partial charge in [0.25, 0.3) is 5.91 Å². The number of amides is 1.